The molecule has 1 atom stereocenters. The van der Waals surface area contributed by atoms with Crippen molar-refractivity contribution < 1.29 is 24.2 Å². The van der Waals surface area contributed by atoms with Gasteiger partial charge >= 0.3 is 5.97 Å². The maximum absolute atomic E-state index is 11.8. The minimum absolute atomic E-state index is 0.209. The second-order valence-electron chi connectivity index (χ2n) is 4.39. The lowest BCUT2D eigenvalue weighted by molar-refractivity contribution is -0.148. The molecule has 0 heterocycles. The van der Waals surface area contributed by atoms with E-state index in [1.165, 1.54) is 14.0 Å². The quantitative estimate of drug-likeness (QED) is 0.687. The Bertz CT molecular complexity index is 448. The molecule has 2 N–H and O–H groups in total. The Labute approximate surface area is 117 Å². The molecule has 6 nitrogen and oxygen atoms in total. The molecule has 20 heavy (non-hydrogen) atoms. The van der Waals surface area contributed by atoms with E-state index in [9.17, 15) is 14.7 Å². The van der Waals surface area contributed by atoms with Crippen molar-refractivity contribution in [3.8, 4) is 0 Å². The van der Waals surface area contributed by atoms with Crippen LogP contribution in [-0.2, 0) is 24.6 Å². The molecule has 0 spiro atoms. The third-order valence-corrected chi connectivity index (χ3v) is 2.83. The summed E-state index contributed by atoms with van der Waals surface area (Å²) in [6, 6.07) is 8.53. The monoisotopic (exact) mass is 281 g/mol. The van der Waals surface area contributed by atoms with Crippen molar-refractivity contribution in [2.75, 3.05) is 26.9 Å². The molecule has 0 radical (unpaired) electrons. The minimum atomic E-state index is -1.48. The van der Waals surface area contributed by atoms with E-state index in [4.69, 9.17) is 9.47 Å². The van der Waals surface area contributed by atoms with Gasteiger partial charge in [-0.1, -0.05) is 30.3 Å². The molecule has 0 aliphatic rings. The summed E-state index contributed by atoms with van der Waals surface area (Å²) < 4.78 is 9.85. The van der Waals surface area contributed by atoms with Gasteiger partial charge in [-0.25, -0.2) is 4.79 Å². The van der Waals surface area contributed by atoms with Crippen LogP contribution in [0.15, 0.2) is 30.3 Å². The molecule has 110 valence electrons. The van der Waals surface area contributed by atoms with Crippen molar-refractivity contribution in [1.29, 1.82) is 0 Å². The van der Waals surface area contributed by atoms with E-state index in [2.05, 4.69) is 5.32 Å². The zero-order valence-corrected chi connectivity index (χ0v) is 11.6. The predicted molar refractivity (Wildman–Crippen MR) is 72.3 cm³/mol. The first kappa shape index (κ1) is 16.1. The van der Waals surface area contributed by atoms with Gasteiger partial charge in [0, 0.05) is 7.11 Å². The summed E-state index contributed by atoms with van der Waals surface area (Å²) in [4.78, 5) is 23.2. The fourth-order valence-electron chi connectivity index (χ4n) is 1.64. The summed E-state index contributed by atoms with van der Waals surface area (Å²) in [7, 11) is 1.53. The van der Waals surface area contributed by atoms with Crippen LogP contribution >= 0.6 is 0 Å². The van der Waals surface area contributed by atoms with Gasteiger partial charge in [-0.3, -0.25) is 4.79 Å². The van der Waals surface area contributed by atoms with Crippen LogP contribution in [0.3, 0.4) is 0 Å². The Morgan fingerprint density at radius 2 is 1.90 bits per heavy atom. The SMILES string of the molecule is COCCOCC(=O)NC(C)(C(=O)O)c1ccccc1. The Hall–Kier alpha value is -1.92. The van der Waals surface area contributed by atoms with Crippen LogP contribution in [0.25, 0.3) is 0 Å². The first-order valence-electron chi connectivity index (χ1n) is 6.17. The lowest BCUT2D eigenvalue weighted by atomic mass is 9.92. The van der Waals surface area contributed by atoms with E-state index in [0.717, 1.165) is 0 Å². The third-order valence-electron chi connectivity index (χ3n) is 2.83. The number of nitrogens with one attached hydrogen (secondary N) is 1. The van der Waals surface area contributed by atoms with Crippen LogP contribution in [0.5, 0.6) is 0 Å². The zero-order valence-electron chi connectivity index (χ0n) is 11.6. The molecule has 1 amide bonds. The molecule has 0 aliphatic heterocycles. The highest BCUT2D eigenvalue weighted by Crippen LogP contribution is 2.20. The number of carboxylic acids is 1. The van der Waals surface area contributed by atoms with Gasteiger partial charge in [0.2, 0.25) is 5.91 Å². The lowest BCUT2D eigenvalue weighted by Crippen LogP contribution is -2.50. The maximum Gasteiger partial charge on any atom is 0.333 e. The maximum atomic E-state index is 11.8. The molecule has 0 saturated carbocycles. The first-order valence-corrected chi connectivity index (χ1v) is 6.17. The first-order chi connectivity index (χ1) is 9.50. The van der Waals surface area contributed by atoms with Crippen molar-refractivity contribution in [2.45, 2.75) is 12.5 Å². The number of carboxylic acid groups (broad SMARTS) is 1. The van der Waals surface area contributed by atoms with Gasteiger partial charge in [0.05, 0.1) is 13.2 Å². The van der Waals surface area contributed by atoms with Gasteiger partial charge in [-0.05, 0) is 12.5 Å². The minimum Gasteiger partial charge on any atom is -0.479 e. The highest BCUT2D eigenvalue weighted by Gasteiger charge is 2.36. The summed E-state index contributed by atoms with van der Waals surface area (Å²) in [5.74, 6) is -1.62. The van der Waals surface area contributed by atoms with Crippen molar-refractivity contribution in [1.82, 2.24) is 5.32 Å². The van der Waals surface area contributed by atoms with Crippen LogP contribution in [-0.4, -0.2) is 43.9 Å². The van der Waals surface area contributed by atoms with E-state index < -0.39 is 17.4 Å². The van der Waals surface area contributed by atoms with Gasteiger partial charge in [-0.2, -0.15) is 0 Å². The Kier molecular flexibility index (Phi) is 6.14. The number of carbonyl (C=O) groups is 2. The van der Waals surface area contributed by atoms with E-state index in [0.29, 0.717) is 12.2 Å². The largest absolute Gasteiger partial charge is 0.479 e. The van der Waals surface area contributed by atoms with Crippen molar-refractivity contribution >= 4 is 11.9 Å². The topological polar surface area (TPSA) is 84.9 Å². The molecule has 1 rings (SSSR count). The number of aliphatic carboxylic acids is 1. The smallest absolute Gasteiger partial charge is 0.333 e. The summed E-state index contributed by atoms with van der Waals surface area (Å²) in [6.07, 6.45) is 0. The van der Waals surface area contributed by atoms with E-state index >= 15 is 0 Å². The average molecular weight is 281 g/mol. The Morgan fingerprint density at radius 3 is 2.45 bits per heavy atom. The Morgan fingerprint density at radius 1 is 1.25 bits per heavy atom. The van der Waals surface area contributed by atoms with Crippen LogP contribution in [0.4, 0.5) is 0 Å². The van der Waals surface area contributed by atoms with E-state index in [-0.39, 0.29) is 13.2 Å². The number of methoxy groups -OCH3 is 1. The van der Waals surface area contributed by atoms with E-state index in [1.807, 2.05) is 0 Å². The second kappa shape index (κ2) is 7.62. The number of hydrogen-bond acceptors (Lipinski definition) is 4. The number of hydrogen-bond donors (Lipinski definition) is 2. The highest BCUT2D eigenvalue weighted by atomic mass is 16.5. The second-order valence-corrected chi connectivity index (χ2v) is 4.39. The highest BCUT2D eigenvalue weighted by molar-refractivity contribution is 5.88. The van der Waals surface area contributed by atoms with Crippen molar-refractivity contribution in [3.63, 3.8) is 0 Å². The molecule has 0 bridgehead atoms. The van der Waals surface area contributed by atoms with Crippen LogP contribution in [0.2, 0.25) is 0 Å². The number of ether oxygens (including phenoxy) is 2. The molecule has 1 aromatic rings. The van der Waals surface area contributed by atoms with Gasteiger partial charge in [0.1, 0.15) is 6.61 Å². The zero-order chi connectivity index (χ0) is 15.0. The van der Waals surface area contributed by atoms with Crippen molar-refractivity contribution in [2.24, 2.45) is 0 Å². The standard InChI is InChI=1S/C14H19NO5/c1-14(13(17)18,11-6-4-3-5-7-11)15-12(16)10-20-9-8-19-2/h3-7H,8-10H2,1-2H3,(H,15,16)(H,17,18). The van der Waals surface area contributed by atoms with Gasteiger partial charge in [0.15, 0.2) is 5.54 Å². The molecule has 0 aromatic heterocycles. The summed E-state index contributed by atoms with van der Waals surface area (Å²) >= 11 is 0. The molecule has 0 fully saturated rings. The average Bonchev–Trinajstić information content (AvgIpc) is 2.44. The molecular weight excluding hydrogens is 262 g/mol. The fourth-order valence-corrected chi connectivity index (χ4v) is 1.64. The van der Waals surface area contributed by atoms with Gasteiger partial charge in [-0.15, -0.1) is 0 Å². The van der Waals surface area contributed by atoms with Gasteiger partial charge in [0.25, 0.3) is 0 Å². The van der Waals surface area contributed by atoms with Crippen molar-refractivity contribution in [3.05, 3.63) is 35.9 Å². The molecule has 0 saturated heterocycles. The molecule has 1 unspecified atom stereocenters. The van der Waals surface area contributed by atoms with Crippen LogP contribution in [0, 0.1) is 0 Å². The summed E-state index contributed by atoms with van der Waals surface area (Å²) in [5.41, 5.74) is -0.985. The molecule has 6 heteroatoms. The Balaban J connectivity index is 2.68. The van der Waals surface area contributed by atoms with Crippen LogP contribution < -0.4 is 5.32 Å². The van der Waals surface area contributed by atoms with Gasteiger partial charge < -0.3 is 19.9 Å². The van der Waals surface area contributed by atoms with E-state index in [1.54, 1.807) is 30.3 Å². The fraction of sp³-hybridized carbons (Fsp3) is 0.429. The molecule has 1 aromatic carbocycles. The lowest BCUT2D eigenvalue weighted by Gasteiger charge is -2.26. The third kappa shape index (κ3) is 4.32. The number of benzene rings is 1. The predicted octanol–water partition coefficient (Wildman–Crippen LogP) is 0.766. The summed E-state index contributed by atoms with van der Waals surface area (Å²) in [6.45, 7) is 1.89. The number of rotatable bonds is 8. The van der Waals surface area contributed by atoms with Crippen LogP contribution in [0.1, 0.15) is 12.5 Å². The molecule has 0 aliphatic carbocycles. The normalized spacial score (nSPS) is 13.5. The molecular formula is C14H19NO5. The number of carbonyl (C=O) groups excluding carboxylic acids is 1. The number of amides is 1. The summed E-state index contributed by atoms with van der Waals surface area (Å²) in [5, 5.41) is 11.9.